The zero-order valence-corrected chi connectivity index (χ0v) is 19.3. The van der Waals surface area contributed by atoms with Crippen molar-refractivity contribution in [3.05, 3.63) is 39.3 Å². The van der Waals surface area contributed by atoms with Crippen LogP contribution in [0.5, 0.6) is 5.75 Å². The molecule has 0 aliphatic carbocycles. The number of ether oxygens (including phenoxy) is 1. The summed E-state index contributed by atoms with van der Waals surface area (Å²) in [7, 11) is 1.62. The molecule has 0 saturated heterocycles. The summed E-state index contributed by atoms with van der Waals surface area (Å²) in [5.74, 6) is 1.22. The number of anilines is 3. The van der Waals surface area contributed by atoms with Crippen LogP contribution in [-0.4, -0.2) is 36.0 Å². The van der Waals surface area contributed by atoms with E-state index in [1.54, 1.807) is 7.11 Å². The maximum Gasteiger partial charge on any atom is 0.209 e. The molecule has 0 spiro atoms. The lowest BCUT2D eigenvalue weighted by Gasteiger charge is -2.23. The number of nitrogens with one attached hydrogen (secondary N) is 1. The number of imidazole rings is 1. The highest BCUT2D eigenvalue weighted by Gasteiger charge is 2.20. The second-order valence-electron chi connectivity index (χ2n) is 6.57. The zero-order valence-electron chi connectivity index (χ0n) is 16.9. The zero-order chi connectivity index (χ0) is 21.1. The minimum Gasteiger partial charge on any atom is -0.495 e. The van der Waals surface area contributed by atoms with Crippen molar-refractivity contribution in [2.45, 2.75) is 27.3 Å². The van der Waals surface area contributed by atoms with Gasteiger partial charge in [-0.05, 0) is 50.6 Å². The Labute approximate surface area is 183 Å². The van der Waals surface area contributed by atoms with Gasteiger partial charge in [-0.3, -0.25) is 0 Å². The Morgan fingerprint density at radius 3 is 2.66 bits per heavy atom. The fraction of sp³-hybridized carbons (Fsp3) is 0.333. The van der Waals surface area contributed by atoms with Crippen LogP contribution < -0.4 is 15.0 Å². The summed E-state index contributed by atoms with van der Waals surface area (Å²) in [6.07, 6.45) is 0.866. The number of hydrogen-bond donors (Lipinski definition) is 1. The molecular formula is C21H24BrClN4O2. The Morgan fingerprint density at radius 1 is 1.31 bits per heavy atom. The topological polar surface area (TPSA) is 59.4 Å². The van der Waals surface area contributed by atoms with Crippen LogP contribution in [0.15, 0.2) is 28.7 Å². The van der Waals surface area contributed by atoms with Crippen LogP contribution in [0.3, 0.4) is 0 Å². The molecule has 6 nitrogen and oxygen atoms in total. The van der Waals surface area contributed by atoms with Crippen LogP contribution in [-0.2, 0) is 11.3 Å². The van der Waals surface area contributed by atoms with Gasteiger partial charge < -0.3 is 24.3 Å². The number of rotatable bonds is 8. The van der Waals surface area contributed by atoms with E-state index in [-0.39, 0.29) is 6.54 Å². The normalized spacial score (nSPS) is 11.0. The number of aryl methyl sites for hydroxylation is 1. The maximum absolute atomic E-state index is 11.5. The molecule has 1 heterocycles. The van der Waals surface area contributed by atoms with Crippen LogP contribution in [0.25, 0.3) is 11.0 Å². The number of aromatic nitrogens is 2. The van der Waals surface area contributed by atoms with Gasteiger partial charge in [0.1, 0.15) is 17.6 Å². The number of carbonyl (C=O) groups is 1. The molecule has 8 heteroatoms. The first-order chi connectivity index (χ1) is 13.9. The third-order valence-electron chi connectivity index (χ3n) is 4.91. The van der Waals surface area contributed by atoms with Crippen molar-refractivity contribution in [3.63, 3.8) is 0 Å². The van der Waals surface area contributed by atoms with Gasteiger partial charge in [-0.1, -0.05) is 27.5 Å². The van der Waals surface area contributed by atoms with E-state index in [9.17, 15) is 4.79 Å². The van der Waals surface area contributed by atoms with E-state index >= 15 is 0 Å². The fourth-order valence-corrected chi connectivity index (χ4v) is 4.25. The van der Waals surface area contributed by atoms with Crippen LogP contribution in [0, 0.1) is 6.92 Å². The van der Waals surface area contributed by atoms with Crippen molar-refractivity contribution in [3.8, 4) is 5.75 Å². The van der Waals surface area contributed by atoms with E-state index < -0.39 is 0 Å². The van der Waals surface area contributed by atoms with E-state index in [1.165, 1.54) is 0 Å². The number of halogens is 2. The molecule has 0 unspecified atom stereocenters. The SMILES string of the molecule is CCN(CC)c1ccc(Cl)c2nc(Nc3c(C)cc(Br)cc3OC)n(CC=O)c12. The van der Waals surface area contributed by atoms with Crippen LogP contribution in [0.2, 0.25) is 5.02 Å². The molecule has 1 aromatic heterocycles. The molecular weight excluding hydrogens is 456 g/mol. The summed E-state index contributed by atoms with van der Waals surface area (Å²) in [5, 5.41) is 3.91. The molecule has 3 rings (SSSR count). The van der Waals surface area contributed by atoms with E-state index in [0.29, 0.717) is 22.2 Å². The van der Waals surface area contributed by atoms with Crippen molar-refractivity contribution < 1.29 is 9.53 Å². The van der Waals surface area contributed by atoms with Crippen molar-refractivity contribution >= 4 is 62.2 Å². The second-order valence-corrected chi connectivity index (χ2v) is 7.90. The summed E-state index contributed by atoms with van der Waals surface area (Å²) >= 11 is 9.97. The van der Waals surface area contributed by atoms with Gasteiger partial charge in [0.2, 0.25) is 5.95 Å². The average Bonchev–Trinajstić information content (AvgIpc) is 3.05. The number of benzene rings is 2. The third-order valence-corrected chi connectivity index (χ3v) is 5.67. The first-order valence-electron chi connectivity index (χ1n) is 9.43. The number of aldehydes is 1. The Morgan fingerprint density at radius 2 is 2.03 bits per heavy atom. The van der Waals surface area contributed by atoms with E-state index in [1.807, 2.05) is 35.8 Å². The van der Waals surface area contributed by atoms with Crippen LogP contribution in [0.4, 0.5) is 17.3 Å². The predicted molar refractivity (Wildman–Crippen MR) is 123 cm³/mol. The molecule has 29 heavy (non-hydrogen) atoms. The Bertz CT molecular complexity index is 1050. The van der Waals surface area contributed by atoms with Gasteiger partial charge in [0, 0.05) is 17.6 Å². The Balaban J connectivity index is 2.24. The molecule has 0 aliphatic heterocycles. The average molecular weight is 480 g/mol. The molecule has 1 N–H and O–H groups in total. The first kappa shape index (κ1) is 21.5. The van der Waals surface area contributed by atoms with Crippen molar-refractivity contribution in [1.29, 1.82) is 0 Å². The molecule has 0 amide bonds. The monoisotopic (exact) mass is 478 g/mol. The molecule has 0 fully saturated rings. The van der Waals surface area contributed by atoms with Crippen LogP contribution >= 0.6 is 27.5 Å². The molecule has 0 radical (unpaired) electrons. The number of hydrogen-bond acceptors (Lipinski definition) is 5. The molecule has 0 atom stereocenters. The number of nitrogens with zero attached hydrogens (tertiary/aromatic N) is 3. The summed E-state index contributed by atoms with van der Waals surface area (Å²) in [5.41, 5.74) is 4.27. The summed E-state index contributed by atoms with van der Waals surface area (Å²) in [6, 6.07) is 7.71. The summed E-state index contributed by atoms with van der Waals surface area (Å²) in [4.78, 5) is 18.5. The highest BCUT2D eigenvalue weighted by Crippen LogP contribution is 2.38. The van der Waals surface area contributed by atoms with E-state index in [4.69, 9.17) is 21.3 Å². The quantitative estimate of drug-likeness (QED) is 0.429. The van der Waals surface area contributed by atoms with Gasteiger partial charge in [-0.25, -0.2) is 4.98 Å². The molecule has 2 aromatic carbocycles. The standard InChI is InChI=1S/C21H24BrClN4O2/c1-5-26(6-2)16-8-7-15(23)19-20(16)27(9-10-28)21(25-19)24-18-13(3)11-14(22)12-17(18)29-4/h7-8,10-12H,5-6,9H2,1-4H3,(H,24,25). The molecule has 3 aromatic rings. The number of carbonyl (C=O) groups excluding carboxylic acids is 1. The van der Waals surface area contributed by atoms with Gasteiger partial charge in [-0.15, -0.1) is 0 Å². The summed E-state index contributed by atoms with van der Waals surface area (Å²) in [6.45, 7) is 8.00. The summed E-state index contributed by atoms with van der Waals surface area (Å²) < 4.78 is 8.33. The Hall–Kier alpha value is -2.25. The van der Waals surface area contributed by atoms with E-state index in [0.717, 1.165) is 46.3 Å². The fourth-order valence-electron chi connectivity index (χ4n) is 3.50. The Kier molecular flexibility index (Phi) is 6.70. The van der Waals surface area contributed by atoms with Crippen molar-refractivity contribution in [2.24, 2.45) is 0 Å². The maximum atomic E-state index is 11.5. The lowest BCUT2D eigenvalue weighted by atomic mass is 10.2. The minimum absolute atomic E-state index is 0.158. The van der Waals surface area contributed by atoms with Crippen LogP contribution in [0.1, 0.15) is 19.4 Å². The minimum atomic E-state index is 0.158. The highest BCUT2D eigenvalue weighted by molar-refractivity contribution is 9.10. The molecule has 0 aliphatic rings. The lowest BCUT2D eigenvalue weighted by Crippen LogP contribution is -2.22. The van der Waals surface area contributed by atoms with Gasteiger partial charge in [0.05, 0.1) is 35.6 Å². The van der Waals surface area contributed by atoms with Crippen molar-refractivity contribution in [2.75, 3.05) is 30.4 Å². The second kappa shape index (κ2) is 9.05. The molecule has 154 valence electrons. The predicted octanol–water partition coefficient (Wildman–Crippen LogP) is 5.56. The number of fused-ring (bicyclic) bond motifs is 1. The third kappa shape index (κ3) is 4.07. The number of methoxy groups -OCH3 is 1. The van der Waals surface area contributed by atoms with Gasteiger partial charge in [0.15, 0.2) is 0 Å². The largest absolute Gasteiger partial charge is 0.495 e. The van der Waals surface area contributed by atoms with E-state index in [2.05, 4.69) is 40.0 Å². The highest BCUT2D eigenvalue weighted by atomic mass is 79.9. The molecule has 0 saturated carbocycles. The van der Waals surface area contributed by atoms with Gasteiger partial charge in [-0.2, -0.15) is 0 Å². The lowest BCUT2D eigenvalue weighted by molar-refractivity contribution is -0.108. The molecule has 0 bridgehead atoms. The van der Waals surface area contributed by atoms with Crippen molar-refractivity contribution in [1.82, 2.24) is 9.55 Å². The van der Waals surface area contributed by atoms with Gasteiger partial charge in [0.25, 0.3) is 0 Å². The van der Waals surface area contributed by atoms with Gasteiger partial charge >= 0.3 is 0 Å². The smallest absolute Gasteiger partial charge is 0.209 e. The first-order valence-corrected chi connectivity index (χ1v) is 10.6.